The van der Waals surface area contributed by atoms with Crippen LogP contribution in [0.2, 0.25) is 5.04 Å². The molecule has 0 spiro atoms. The van der Waals surface area contributed by atoms with Crippen LogP contribution in [0.15, 0.2) is 91.0 Å². The normalized spacial score (nSPS) is 28.9. The van der Waals surface area contributed by atoms with Gasteiger partial charge >= 0.3 is 6.09 Å². The molecule has 1 aliphatic heterocycles. The van der Waals surface area contributed by atoms with Crippen molar-refractivity contribution in [2.45, 2.75) is 88.6 Å². The molecule has 1 amide bonds. The molecular formula is C36H46N2O3Si. The van der Waals surface area contributed by atoms with E-state index in [1.165, 1.54) is 15.9 Å². The zero-order chi connectivity index (χ0) is 29.8. The number of ether oxygens (including phenoxy) is 1. The molecule has 3 aromatic carbocycles. The Morgan fingerprint density at radius 3 is 1.86 bits per heavy atom. The average molecular weight is 583 g/mol. The summed E-state index contributed by atoms with van der Waals surface area (Å²) < 4.78 is 13.6. The number of rotatable bonds is 6. The highest BCUT2D eigenvalue weighted by atomic mass is 28.4. The van der Waals surface area contributed by atoms with Gasteiger partial charge in [0.15, 0.2) is 0 Å². The minimum Gasteiger partial charge on any atom is -0.444 e. The first kappa shape index (κ1) is 29.2. The van der Waals surface area contributed by atoms with Crippen LogP contribution in [0.1, 0.15) is 59.9 Å². The highest BCUT2D eigenvalue weighted by Crippen LogP contribution is 2.56. The Morgan fingerprint density at radius 2 is 1.33 bits per heavy atom. The van der Waals surface area contributed by atoms with E-state index in [4.69, 9.17) is 9.16 Å². The van der Waals surface area contributed by atoms with Crippen molar-refractivity contribution in [2.24, 2.45) is 11.8 Å². The zero-order valence-electron chi connectivity index (χ0n) is 25.9. The molecule has 1 saturated heterocycles. The minimum absolute atomic E-state index is 0.0160. The summed E-state index contributed by atoms with van der Waals surface area (Å²) in [5.74, 6) is 0.395. The molecule has 3 aromatic rings. The summed E-state index contributed by atoms with van der Waals surface area (Å²) >= 11 is 0. The van der Waals surface area contributed by atoms with Gasteiger partial charge in [-0.2, -0.15) is 0 Å². The molecule has 0 aromatic heterocycles. The van der Waals surface area contributed by atoms with Crippen molar-refractivity contribution in [3.8, 4) is 0 Å². The Kier molecular flexibility index (Phi) is 7.39. The zero-order valence-corrected chi connectivity index (χ0v) is 26.9. The smallest absolute Gasteiger partial charge is 0.407 e. The lowest BCUT2D eigenvalue weighted by Crippen LogP contribution is -2.69. The molecule has 3 bridgehead atoms. The van der Waals surface area contributed by atoms with Crippen LogP contribution in [0.25, 0.3) is 0 Å². The number of alkyl carbamates (subject to hydrolysis) is 1. The monoisotopic (exact) mass is 582 g/mol. The SMILES string of the molecule is CC(C)(C)OC(=O)NC1C2CC3(c4ccccc4)CNC2[C@@H](O[Si](c2ccccc2)(c2ccccc2)C(C)(C)C)C1C3. The number of benzene rings is 3. The number of hydrogen-bond acceptors (Lipinski definition) is 4. The fraction of sp³-hybridized carbons (Fsp3) is 0.472. The lowest BCUT2D eigenvalue weighted by Gasteiger charge is -2.48. The Labute approximate surface area is 252 Å². The molecule has 2 saturated carbocycles. The van der Waals surface area contributed by atoms with Crippen molar-refractivity contribution in [2.75, 3.05) is 6.54 Å². The van der Waals surface area contributed by atoms with E-state index in [-0.39, 0.29) is 46.6 Å². The molecule has 3 fully saturated rings. The van der Waals surface area contributed by atoms with Crippen LogP contribution in [0.5, 0.6) is 0 Å². The van der Waals surface area contributed by atoms with Gasteiger partial charge in [0.2, 0.25) is 0 Å². The molecule has 3 aliphatic rings. The summed E-state index contributed by atoms with van der Waals surface area (Å²) in [7, 11) is -2.81. The molecule has 6 heteroatoms. The van der Waals surface area contributed by atoms with Crippen LogP contribution in [-0.4, -0.2) is 44.7 Å². The van der Waals surface area contributed by atoms with Gasteiger partial charge in [-0.05, 0) is 60.5 Å². The predicted molar refractivity (Wildman–Crippen MR) is 172 cm³/mol. The van der Waals surface area contributed by atoms with Gasteiger partial charge in [-0.25, -0.2) is 4.79 Å². The second-order valence-electron chi connectivity index (χ2n) is 14.7. The number of fused-ring (bicyclic) bond motifs is 2. The fourth-order valence-electron chi connectivity index (χ4n) is 8.31. The van der Waals surface area contributed by atoms with Gasteiger partial charge in [-0.3, -0.25) is 0 Å². The summed E-state index contributed by atoms with van der Waals surface area (Å²) in [4.78, 5) is 13.2. The van der Waals surface area contributed by atoms with Gasteiger partial charge < -0.3 is 19.8 Å². The van der Waals surface area contributed by atoms with E-state index in [1.54, 1.807) is 0 Å². The van der Waals surface area contributed by atoms with E-state index in [9.17, 15) is 4.79 Å². The van der Waals surface area contributed by atoms with Gasteiger partial charge in [0.05, 0.1) is 6.10 Å². The topological polar surface area (TPSA) is 59.6 Å². The van der Waals surface area contributed by atoms with Gasteiger partial charge in [0, 0.05) is 30.0 Å². The number of piperidine rings is 1. The molecule has 6 rings (SSSR count). The summed E-state index contributed by atoms with van der Waals surface area (Å²) in [6.45, 7) is 13.7. The van der Waals surface area contributed by atoms with Crippen LogP contribution in [0.4, 0.5) is 4.79 Å². The molecule has 0 radical (unpaired) electrons. The van der Waals surface area contributed by atoms with Gasteiger partial charge in [0.25, 0.3) is 8.32 Å². The minimum atomic E-state index is -2.81. The Balaban J connectivity index is 1.45. The van der Waals surface area contributed by atoms with Crippen LogP contribution in [-0.2, 0) is 14.6 Å². The Bertz CT molecular complexity index is 1350. The Hall–Kier alpha value is -2.93. The van der Waals surface area contributed by atoms with Gasteiger partial charge in [0.1, 0.15) is 5.60 Å². The highest BCUT2D eigenvalue weighted by molar-refractivity contribution is 6.99. The van der Waals surface area contributed by atoms with E-state index in [1.807, 2.05) is 20.8 Å². The van der Waals surface area contributed by atoms with Crippen molar-refractivity contribution in [1.82, 2.24) is 10.6 Å². The molecule has 2 N–H and O–H groups in total. The van der Waals surface area contributed by atoms with Crippen molar-refractivity contribution in [3.63, 3.8) is 0 Å². The van der Waals surface area contributed by atoms with E-state index in [0.717, 1.165) is 19.4 Å². The van der Waals surface area contributed by atoms with Crippen molar-refractivity contribution >= 4 is 24.8 Å². The second kappa shape index (κ2) is 10.7. The van der Waals surface area contributed by atoms with Crippen LogP contribution >= 0.6 is 0 Å². The third-order valence-corrected chi connectivity index (χ3v) is 14.9. The van der Waals surface area contributed by atoms with Crippen LogP contribution < -0.4 is 21.0 Å². The standard InChI is InChI=1S/C36H46N2O3Si/c1-34(2,3)40-33(39)38-30-28-22-36(25-16-10-7-11-17-25)23-29(30)32(31(28)37-24-36)41-42(35(4,5)6,26-18-12-8-13-19-26)27-20-14-9-15-21-27/h7-21,28-32,37H,22-24H2,1-6H3,(H,38,39)/t28?,29?,30?,31?,32-,36?/m0/s1. The first-order chi connectivity index (χ1) is 19.9. The van der Waals surface area contributed by atoms with Gasteiger partial charge in [-0.15, -0.1) is 0 Å². The fourth-order valence-corrected chi connectivity index (χ4v) is 13.1. The number of hydrogen-bond donors (Lipinski definition) is 2. The summed E-state index contributed by atoms with van der Waals surface area (Å²) in [6.07, 6.45) is 1.60. The molecule has 5 unspecified atom stereocenters. The first-order valence-corrected chi connectivity index (χ1v) is 17.4. The molecule has 1 heterocycles. The summed E-state index contributed by atoms with van der Waals surface area (Å²) in [5, 5.41) is 9.80. The lowest BCUT2D eigenvalue weighted by molar-refractivity contribution is 0.0393. The molecular weight excluding hydrogens is 536 g/mol. The van der Waals surface area contributed by atoms with E-state index in [2.05, 4.69) is 122 Å². The van der Waals surface area contributed by atoms with Crippen molar-refractivity contribution in [3.05, 3.63) is 96.6 Å². The third kappa shape index (κ3) is 5.01. The number of nitrogens with one attached hydrogen (secondary N) is 2. The highest BCUT2D eigenvalue weighted by Gasteiger charge is 2.65. The average Bonchev–Trinajstić information content (AvgIpc) is 3.06. The van der Waals surface area contributed by atoms with Crippen LogP contribution in [0, 0.1) is 11.8 Å². The molecule has 222 valence electrons. The van der Waals surface area contributed by atoms with Gasteiger partial charge in [-0.1, -0.05) is 112 Å². The van der Waals surface area contributed by atoms with E-state index < -0.39 is 13.9 Å². The van der Waals surface area contributed by atoms with E-state index >= 15 is 0 Å². The maximum atomic E-state index is 13.2. The second-order valence-corrected chi connectivity index (χ2v) is 19.0. The molecule has 2 aliphatic carbocycles. The number of carbonyl (C=O) groups is 1. The lowest BCUT2D eigenvalue weighted by atomic mass is 9.62. The largest absolute Gasteiger partial charge is 0.444 e. The summed E-state index contributed by atoms with van der Waals surface area (Å²) in [5.41, 5.74) is 0.848. The number of amides is 1. The van der Waals surface area contributed by atoms with Crippen molar-refractivity contribution in [1.29, 1.82) is 0 Å². The molecule has 6 atom stereocenters. The maximum Gasteiger partial charge on any atom is 0.407 e. The molecule has 5 nitrogen and oxygen atoms in total. The van der Waals surface area contributed by atoms with E-state index in [0.29, 0.717) is 0 Å². The molecule has 42 heavy (non-hydrogen) atoms. The third-order valence-electron chi connectivity index (χ3n) is 9.89. The predicted octanol–water partition coefficient (Wildman–Crippen LogP) is 5.77. The maximum absolute atomic E-state index is 13.2. The quantitative estimate of drug-likeness (QED) is 0.362. The number of carbonyl (C=O) groups excluding carboxylic acids is 1. The first-order valence-electron chi connectivity index (χ1n) is 15.5. The summed E-state index contributed by atoms with van der Waals surface area (Å²) in [6, 6.07) is 32.9. The Morgan fingerprint density at radius 1 is 0.810 bits per heavy atom. The van der Waals surface area contributed by atoms with Crippen LogP contribution in [0.3, 0.4) is 0 Å². The van der Waals surface area contributed by atoms with Crippen molar-refractivity contribution < 1.29 is 14.0 Å².